The second-order valence-corrected chi connectivity index (χ2v) is 6.25. The topological polar surface area (TPSA) is 61.2 Å². The number of rotatable bonds is 4. The zero-order valence-corrected chi connectivity index (χ0v) is 11.2. The van der Waals surface area contributed by atoms with Gasteiger partial charge in [0.2, 0.25) is 10.0 Å². The quantitative estimate of drug-likeness (QED) is 0.843. The van der Waals surface area contributed by atoms with Gasteiger partial charge in [0.1, 0.15) is 0 Å². The molecule has 0 bridgehead atoms. The van der Waals surface area contributed by atoms with E-state index in [0.717, 1.165) is 0 Å². The fraction of sp³-hybridized carbons (Fsp3) is 0.364. The molecule has 4 nitrogen and oxygen atoms in total. The van der Waals surface area contributed by atoms with Gasteiger partial charge in [-0.15, -0.1) is 0 Å². The molecule has 92 valence electrons. The third kappa shape index (κ3) is 3.43. The standard InChI is InChI=1S/C11H13ClN2O2S/c1-9(7-13)8-14(2)17(15,16)11-5-3-10(12)4-6-11/h3-6,9H,8H2,1-2H3. The van der Waals surface area contributed by atoms with Gasteiger partial charge in [-0.3, -0.25) is 0 Å². The number of hydrogen-bond acceptors (Lipinski definition) is 3. The van der Waals surface area contributed by atoms with Crippen LogP contribution in [0.3, 0.4) is 0 Å². The van der Waals surface area contributed by atoms with Gasteiger partial charge in [0.05, 0.1) is 16.9 Å². The molecule has 0 saturated carbocycles. The summed E-state index contributed by atoms with van der Waals surface area (Å²) in [6, 6.07) is 7.95. The Hall–Kier alpha value is -1.09. The van der Waals surface area contributed by atoms with E-state index in [2.05, 4.69) is 0 Å². The van der Waals surface area contributed by atoms with Crippen LogP contribution in [-0.2, 0) is 10.0 Å². The predicted octanol–water partition coefficient (Wildman–Crippen LogP) is 2.12. The van der Waals surface area contributed by atoms with Gasteiger partial charge in [0.15, 0.2) is 0 Å². The summed E-state index contributed by atoms with van der Waals surface area (Å²) >= 11 is 5.70. The van der Waals surface area contributed by atoms with E-state index in [1.807, 2.05) is 6.07 Å². The van der Waals surface area contributed by atoms with Crippen LogP contribution in [0.25, 0.3) is 0 Å². The van der Waals surface area contributed by atoms with Crippen molar-refractivity contribution in [2.24, 2.45) is 5.92 Å². The second kappa shape index (κ2) is 5.50. The van der Waals surface area contributed by atoms with E-state index in [1.54, 1.807) is 6.92 Å². The van der Waals surface area contributed by atoms with E-state index in [-0.39, 0.29) is 17.4 Å². The van der Waals surface area contributed by atoms with Crippen LogP contribution >= 0.6 is 11.6 Å². The molecule has 1 aromatic carbocycles. The first-order valence-electron chi connectivity index (χ1n) is 4.99. The Labute approximate surface area is 106 Å². The third-order valence-corrected chi connectivity index (χ3v) is 4.36. The van der Waals surface area contributed by atoms with Gasteiger partial charge in [0.25, 0.3) is 0 Å². The molecule has 0 heterocycles. The number of hydrogen-bond donors (Lipinski definition) is 0. The van der Waals surface area contributed by atoms with E-state index < -0.39 is 10.0 Å². The molecule has 0 amide bonds. The van der Waals surface area contributed by atoms with Crippen molar-refractivity contribution in [3.63, 3.8) is 0 Å². The van der Waals surface area contributed by atoms with Crippen LogP contribution in [0.1, 0.15) is 6.92 Å². The summed E-state index contributed by atoms with van der Waals surface area (Å²) in [5.74, 6) is -0.345. The van der Waals surface area contributed by atoms with E-state index >= 15 is 0 Å². The van der Waals surface area contributed by atoms with Gasteiger partial charge in [-0.05, 0) is 31.2 Å². The van der Waals surface area contributed by atoms with Crippen LogP contribution in [-0.4, -0.2) is 26.3 Å². The summed E-state index contributed by atoms with van der Waals surface area (Å²) in [6.07, 6.45) is 0. The molecule has 0 aromatic heterocycles. The maximum absolute atomic E-state index is 12.1. The van der Waals surface area contributed by atoms with Crippen LogP contribution in [0, 0.1) is 17.2 Å². The molecule has 1 unspecified atom stereocenters. The van der Waals surface area contributed by atoms with Gasteiger partial charge in [-0.1, -0.05) is 11.6 Å². The van der Waals surface area contributed by atoms with E-state index in [9.17, 15) is 8.42 Å². The van der Waals surface area contributed by atoms with Gasteiger partial charge < -0.3 is 0 Å². The lowest BCUT2D eigenvalue weighted by molar-refractivity contribution is 0.439. The molecule has 6 heteroatoms. The maximum atomic E-state index is 12.1. The van der Waals surface area contributed by atoms with Crippen LogP contribution in [0.5, 0.6) is 0 Å². The summed E-state index contributed by atoms with van der Waals surface area (Å²) in [5.41, 5.74) is 0. The molecular weight excluding hydrogens is 260 g/mol. The number of sulfonamides is 1. The predicted molar refractivity (Wildman–Crippen MR) is 66.0 cm³/mol. The normalized spacial score (nSPS) is 13.4. The Morgan fingerprint density at radius 2 is 1.94 bits per heavy atom. The average Bonchev–Trinajstić information content (AvgIpc) is 2.29. The number of benzene rings is 1. The second-order valence-electron chi connectivity index (χ2n) is 3.77. The Balaban J connectivity index is 2.96. The fourth-order valence-electron chi connectivity index (χ4n) is 1.31. The summed E-state index contributed by atoms with van der Waals surface area (Å²) < 4.78 is 25.3. The molecule has 0 spiro atoms. The van der Waals surface area contributed by atoms with Crippen LogP contribution < -0.4 is 0 Å². The number of halogens is 1. The van der Waals surface area contributed by atoms with Crippen molar-refractivity contribution in [3.8, 4) is 6.07 Å². The minimum atomic E-state index is -3.54. The number of nitrogens with zero attached hydrogens (tertiary/aromatic N) is 2. The zero-order valence-electron chi connectivity index (χ0n) is 9.59. The summed E-state index contributed by atoms with van der Waals surface area (Å²) in [4.78, 5) is 0.175. The highest BCUT2D eigenvalue weighted by Crippen LogP contribution is 2.18. The van der Waals surface area contributed by atoms with E-state index in [0.29, 0.717) is 5.02 Å². The monoisotopic (exact) mass is 272 g/mol. The van der Waals surface area contributed by atoms with Gasteiger partial charge in [-0.25, -0.2) is 8.42 Å². The molecule has 0 radical (unpaired) electrons. The van der Waals surface area contributed by atoms with Crippen LogP contribution in [0.15, 0.2) is 29.2 Å². The Bertz CT molecular complexity index is 519. The highest BCUT2D eigenvalue weighted by atomic mass is 35.5. The van der Waals surface area contributed by atoms with Crippen molar-refractivity contribution in [1.29, 1.82) is 5.26 Å². The maximum Gasteiger partial charge on any atom is 0.242 e. The molecule has 0 saturated heterocycles. The van der Waals surface area contributed by atoms with Crippen molar-refractivity contribution < 1.29 is 8.42 Å². The van der Waals surface area contributed by atoms with Crippen LogP contribution in [0.2, 0.25) is 5.02 Å². The molecule has 17 heavy (non-hydrogen) atoms. The van der Waals surface area contributed by atoms with Gasteiger partial charge in [0, 0.05) is 18.6 Å². The first kappa shape index (κ1) is 14.0. The molecule has 0 aliphatic rings. The lowest BCUT2D eigenvalue weighted by atomic mass is 10.2. The molecule has 1 aromatic rings. The summed E-state index contributed by atoms with van der Waals surface area (Å²) in [6.45, 7) is 1.84. The smallest absolute Gasteiger partial charge is 0.207 e. The summed E-state index contributed by atoms with van der Waals surface area (Å²) in [7, 11) is -2.08. The fourth-order valence-corrected chi connectivity index (χ4v) is 2.70. The Morgan fingerprint density at radius 3 is 2.41 bits per heavy atom. The lowest BCUT2D eigenvalue weighted by Crippen LogP contribution is -2.30. The Kier molecular flexibility index (Phi) is 4.52. The molecule has 0 N–H and O–H groups in total. The largest absolute Gasteiger partial charge is 0.242 e. The Morgan fingerprint density at radius 1 is 1.41 bits per heavy atom. The van der Waals surface area contributed by atoms with E-state index in [1.165, 1.54) is 35.6 Å². The molecule has 1 rings (SSSR count). The summed E-state index contributed by atoms with van der Waals surface area (Å²) in [5, 5.41) is 9.15. The minimum Gasteiger partial charge on any atom is -0.207 e. The highest BCUT2D eigenvalue weighted by molar-refractivity contribution is 7.89. The van der Waals surface area contributed by atoms with Crippen LogP contribution in [0.4, 0.5) is 0 Å². The molecule has 1 atom stereocenters. The van der Waals surface area contributed by atoms with Crippen molar-refractivity contribution in [3.05, 3.63) is 29.3 Å². The third-order valence-electron chi connectivity index (χ3n) is 2.27. The van der Waals surface area contributed by atoms with Crippen molar-refractivity contribution >= 4 is 21.6 Å². The zero-order chi connectivity index (χ0) is 13.1. The first-order chi connectivity index (χ1) is 7.87. The minimum absolute atomic E-state index is 0.168. The average molecular weight is 273 g/mol. The molecule has 0 fully saturated rings. The molecular formula is C11H13ClN2O2S. The van der Waals surface area contributed by atoms with Gasteiger partial charge >= 0.3 is 0 Å². The first-order valence-corrected chi connectivity index (χ1v) is 6.81. The van der Waals surface area contributed by atoms with Crippen molar-refractivity contribution in [2.45, 2.75) is 11.8 Å². The number of nitriles is 1. The molecule has 0 aliphatic carbocycles. The molecule has 0 aliphatic heterocycles. The highest BCUT2D eigenvalue weighted by Gasteiger charge is 2.21. The lowest BCUT2D eigenvalue weighted by Gasteiger charge is -2.18. The van der Waals surface area contributed by atoms with Gasteiger partial charge in [-0.2, -0.15) is 9.57 Å². The van der Waals surface area contributed by atoms with Crippen molar-refractivity contribution in [1.82, 2.24) is 4.31 Å². The SMILES string of the molecule is CC(C#N)CN(C)S(=O)(=O)c1ccc(Cl)cc1. The van der Waals surface area contributed by atoms with Crippen molar-refractivity contribution in [2.75, 3.05) is 13.6 Å². The van der Waals surface area contributed by atoms with E-state index in [4.69, 9.17) is 16.9 Å².